The van der Waals surface area contributed by atoms with E-state index in [-0.39, 0.29) is 11.5 Å². The van der Waals surface area contributed by atoms with E-state index < -0.39 is 42.0 Å². The number of nitrogens with one attached hydrogen (secondary N) is 2. The minimum atomic E-state index is -1.78. The molecule has 2 aliphatic rings. The van der Waals surface area contributed by atoms with Crippen LogP contribution < -0.4 is 22.1 Å². The van der Waals surface area contributed by atoms with Crippen molar-refractivity contribution in [1.29, 1.82) is 0 Å². The fourth-order valence-corrected chi connectivity index (χ4v) is 2.98. The molecule has 0 aliphatic carbocycles. The lowest BCUT2D eigenvalue weighted by molar-refractivity contribution is -0.175. The predicted molar refractivity (Wildman–Crippen MR) is 76.7 cm³/mol. The number of carbonyl (C=O) groups excluding carboxylic acids is 1. The predicted octanol–water partition coefficient (Wildman–Crippen LogP) is -3.26. The molecule has 11 nitrogen and oxygen atoms in total. The minimum Gasteiger partial charge on any atom is -0.394 e. The largest absolute Gasteiger partial charge is 0.394 e. The number of aliphatic hydroxyl groups excluding tert-OH is 2. The monoisotopic (exact) mass is 328 g/mol. The van der Waals surface area contributed by atoms with Crippen molar-refractivity contribution >= 4 is 11.7 Å². The number of anilines is 1. The van der Waals surface area contributed by atoms with Crippen molar-refractivity contribution in [3.8, 4) is 0 Å². The first-order valence-corrected chi connectivity index (χ1v) is 6.99. The number of aromatic nitrogens is 2. The van der Waals surface area contributed by atoms with E-state index in [2.05, 4.69) is 15.6 Å². The Morgan fingerprint density at radius 1 is 1.43 bits per heavy atom. The molecule has 3 rings (SSSR count). The summed E-state index contributed by atoms with van der Waals surface area (Å²) in [4.78, 5) is 16.0. The average Bonchev–Trinajstić information content (AvgIpc) is 2.92. The van der Waals surface area contributed by atoms with Crippen molar-refractivity contribution in [3.05, 3.63) is 12.0 Å². The van der Waals surface area contributed by atoms with Crippen LogP contribution in [0.2, 0.25) is 0 Å². The molecule has 0 saturated carbocycles. The summed E-state index contributed by atoms with van der Waals surface area (Å²) >= 11 is 0. The van der Waals surface area contributed by atoms with Gasteiger partial charge in [0.1, 0.15) is 23.6 Å². The summed E-state index contributed by atoms with van der Waals surface area (Å²) < 4.78 is 6.99. The maximum Gasteiger partial charge on any atom is 0.277 e. The van der Waals surface area contributed by atoms with E-state index in [0.717, 1.165) is 0 Å². The molecule has 0 spiro atoms. The van der Waals surface area contributed by atoms with E-state index >= 15 is 0 Å². The summed E-state index contributed by atoms with van der Waals surface area (Å²) in [5, 5.41) is 35.2. The molecule has 1 saturated heterocycles. The molecular weight excluding hydrogens is 308 g/mol. The van der Waals surface area contributed by atoms with Crippen molar-refractivity contribution in [2.75, 3.05) is 11.9 Å². The third kappa shape index (κ3) is 2.06. The van der Waals surface area contributed by atoms with Gasteiger partial charge in [0, 0.05) is 0 Å². The van der Waals surface area contributed by atoms with E-state index in [1.54, 1.807) is 0 Å². The minimum absolute atomic E-state index is 0.0130. The maximum atomic E-state index is 12.0. The summed E-state index contributed by atoms with van der Waals surface area (Å²) in [6.07, 6.45) is -1.10. The average molecular weight is 328 g/mol. The molecule has 1 aromatic heterocycles. The van der Waals surface area contributed by atoms with Gasteiger partial charge >= 0.3 is 0 Å². The fourth-order valence-electron chi connectivity index (χ4n) is 2.98. The van der Waals surface area contributed by atoms with Gasteiger partial charge in [-0.05, 0) is 13.8 Å². The van der Waals surface area contributed by atoms with Crippen LogP contribution in [0.5, 0.6) is 0 Å². The number of ether oxygens (including phenoxy) is 1. The van der Waals surface area contributed by atoms with Gasteiger partial charge in [0.25, 0.3) is 5.91 Å². The molecule has 23 heavy (non-hydrogen) atoms. The number of hydrogen-bond donors (Lipinski definition) is 7. The molecule has 3 heterocycles. The van der Waals surface area contributed by atoms with Crippen LogP contribution >= 0.6 is 0 Å². The van der Waals surface area contributed by atoms with Crippen LogP contribution in [0.1, 0.15) is 24.3 Å². The zero-order valence-corrected chi connectivity index (χ0v) is 12.6. The van der Waals surface area contributed by atoms with Gasteiger partial charge < -0.3 is 30.7 Å². The molecule has 1 fully saturated rings. The zero-order chi connectivity index (χ0) is 17.2. The SMILES string of the molecule is C[C@@]1(n2cnc3c2NC(N)(N)NC3=O)O[C@H](CO)[C@@H](O)[C@@]1(C)O. The summed E-state index contributed by atoms with van der Waals surface area (Å²) in [6.45, 7) is 2.37. The molecule has 1 amide bonds. The standard InChI is InChI=1S/C12H20N6O5/c1-10(22)7(20)5(3-19)23-11(10,2)18-4-15-6-8(18)16-12(13,14)17-9(6)21/h4-5,7,16,19-20,22H,3,13-14H2,1-2H3,(H,17,21)/t5-,7-,10-,11-/m1/s1. The van der Waals surface area contributed by atoms with Gasteiger partial charge in [-0.2, -0.15) is 0 Å². The molecule has 1 aromatic rings. The number of hydrogen-bond acceptors (Lipinski definition) is 9. The lowest BCUT2D eigenvalue weighted by Gasteiger charge is -2.40. The van der Waals surface area contributed by atoms with Gasteiger partial charge in [-0.15, -0.1) is 0 Å². The lowest BCUT2D eigenvalue weighted by Crippen LogP contribution is -2.70. The second-order valence-corrected chi connectivity index (χ2v) is 6.17. The molecule has 0 aromatic carbocycles. The van der Waals surface area contributed by atoms with Crippen LogP contribution in [0.4, 0.5) is 5.82 Å². The third-order valence-electron chi connectivity index (χ3n) is 4.52. The highest BCUT2D eigenvalue weighted by atomic mass is 16.6. The van der Waals surface area contributed by atoms with E-state index in [0.29, 0.717) is 0 Å². The highest BCUT2D eigenvalue weighted by molar-refractivity contribution is 5.99. The Balaban J connectivity index is 2.12. The van der Waals surface area contributed by atoms with Crippen LogP contribution in [-0.2, 0) is 10.5 Å². The summed E-state index contributed by atoms with van der Waals surface area (Å²) in [5.74, 6) is -2.17. The first-order chi connectivity index (χ1) is 10.5. The summed E-state index contributed by atoms with van der Waals surface area (Å²) in [5.41, 5.74) is 8.11. The molecular formula is C12H20N6O5. The Morgan fingerprint density at radius 3 is 2.65 bits per heavy atom. The lowest BCUT2D eigenvalue weighted by atomic mass is 9.88. The van der Waals surface area contributed by atoms with Crippen LogP contribution in [0, 0.1) is 0 Å². The quantitative estimate of drug-likeness (QED) is 0.274. The van der Waals surface area contributed by atoms with Gasteiger partial charge in [-0.1, -0.05) is 0 Å². The molecule has 0 bridgehead atoms. The second-order valence-electron chi connectivity index (χ2n) is 6.17. The normalized spacial score (nSPS) is 38.8. The van der Waals surface area contributed by atoms with Crippen LogP contribution in [0.15, 0.2) is 6.33 Å². The first-order valence-electron chi connectivity index (χ1n) is 6.99. The van der Waals surface area contributed by atoms with Gasteiger partial charge in [-0.25, -0.2) is 4.98 Å². The number of carbonyl (C=O) groups is 1. The molecule has 2 aliphatic heterocycles. The summed E-state index contributed by atoms with van der Waals surface area (Å²) in [7, 11) is 0. The molecule has 11 heteroatoms. The molecule has 4 atom stereocenters. The number of imidazole rings is 1. The number of amides is 1. The van der Waals surface area contributed by atoms with Crippen molar-refractivity contribution < 1.29 is 24.9 Å². The van der Waals surface area contributed by atoms with E-state index in [9.17, 15) is 20.1 Å². The molecule has 0 unspecified atom stereocenters. The Morgan fingerprint density at radius 2 is 2.09 bits per heavy atom. The van der Waals surface area contributed by atoms with E-state index in [4.69, 9.17) is 16.2 Å². The van der Waals surface area contributed by atoms with Crippen molar-refractivity contribution in [2.45, 2.75) is 43.3 Å². The third-order valence-corrected chi connectivity index (χ3v) is 4.52. The number of nitrogens with zero attached hydrogens (tertiary/aromatic N) is 2. The van der Waals surface area contributed by atoms with Gasteiger partial charge in [0.15, 0.2) is 11.4 Å². The number of nitrogens with two attached hydrogens (primary N) is 2. The van der Waals surface area contributed by atoms with Crippen molar-refractivity contribution in [3.63, 3.8) is 0 Å². The number of aliphatic hydroxyl groups is 3. The number of fused-ring (bicyclic) bond motifs is 1. The van der Waals surface area contributed by atoms with Gasteiger partial charge in [-0.3, -0.25) is 20.8 Å². The molecule has 128 valence electrons. The Labute approximate surface area is 131 Å². The molecule has 0 radical (unpaired) electrons. The topological polar surface area (TPSA) is 181 Å². The Hall–Kier alpha value is -1.76. The highest BCUT2D eigenvalue weighted by Gasteiger charge is 2.62. The van der Waals surface area contributed by atoms with Crippen LogP contribution in [0.3, 0.4) is 0 Å². The van der Waals surface area contributed by atoms with Gasteiger partial charge in [0.2, 0.25) is 5.91 Å². The van der Waals surface area contributed by atoms with Crippen molar-refractivity contribution in [2.24, 2.45) is 11.5 Å². The molecule has 9 N–H and O–H groups in total. The van der Waals surface area contributed by atoms with Crippen LogP contribution in [-0.4, -0.2) is 61.1 Å². The number of rotatable bonds is 2. The van der Waals surface area contributed by atoms with E-state index in [1.807, 2.05) is 0 Å². The highest BCUT2D eigenvalue weighted by Crippen LogP contribution is 2.45. The zero-order valence-electron chi connectivity index (χ0n) is 12.6. The second kappa shape index (κ2) is 4.63. The Bertz CT molecular complexity index is 658. The Kier molecular flexibility index (Phi) is 3.24. The van der Waals surface area contributed by atoms with Gasteiger partial charge in [0.05, 0.1) is 12.9 Å². The smallest absolute Gasteiger partial charge is 0.277 e. The first kappa shape index (κ1) is 16.1. The summed E-state index contributed by atoms with van der Waals surface area (Å²) in [6, 6.07) is 0. The van der Waals surface area contributed by atoms with E-state index in [1.165, 1.54) is 24.7 Å². The van der Waals surface area contributed by atoms with Crippen molar-refractivity contribution in [1.82, 2.24) is 14.9 Å². The fraction of sp³-hybridized carbons (Fsp3) is 0.667. The van der Waals surface area contributed by atoms with Crippen LogP contribution in [0.25, 0.3) is 0 Å². The maximum absolute atomic E-state index is 12.0.